The Labute approximate surface area is 78.8 Å². The minimum atomic E-state index is -0.0742. The van der Waals surface area contributed by atoms with Crippen molar-refractivity contribution in [2.75, 3.05) is 0 Å². The second-order valence-electron chi connectivity index (χ2n) is 2.57. The maximum atomic E-state index is 7.24. The number of halogens is 1. The molecule has 0 spiro atoms. The van der Waals surface area contributed by atoms with Gasteiger partial charge in [0.2, 0.25) is 0 Å². The topological polar surface area (TPSA) is 75.9 Å². The number of amidine groups is 1. The van der Waals surface area contributed by atoms with Gasteiger partial charge < -0.3 is 10.2 Å². The van der Waals surface area contributed by atoms with Crippen molar-refractivity contribution in [3.8, 4) is 0 Å². The number of nitrogens with zero attached hydrogens (tertiary/aromatic N) is 1. The third kappa shape index (κ3) is 1.25. The highest BCUT2D eigenvalue weighted by Crippen LogP contribution is 2.22. The molecule has 3 N–H and O–H groups in total. The van der Waals surface area contributed by atoms with Crippen LogP contribution in [0.4, 0.5) is 0 Å². The van der Waals surface area contributed by atoms with E-state index in [-0.39, 0.29) is 5.84 Å². The number of oxazole rings is 1. The lowest BCUT2D eigenvalue weighted by molar-refractivity contribution is 0.602. The van der Waals surface area contributed by atoms with E-state index in [1.165, 1.54) is 6.39 Å². The van der Waals surface area contributed by atoms with Crippen LogP contribution >= 0.6 is 11.6 Å². The highest BCUT2D eigenvalue weighted by molar-refractivity contribution is 6.34. The molecule has 0 fully saturated rings. The Bertz CT molecular complexity index is 477. The van der Waals surface area contributed by atoms with E-state index >= 15 is 0 Å². The summed E-state index contributed by atoms with van der Waals surface area (Å²) in [5.74, 6) is -0.0742. The lowest BCUT2D eigenvalue weighted by Gasteiger charge is -1.99. The minimum absolute atomic E-state index is 0.0742. The van der Waals surface area contributed by atoms with Gasteiger partial charge in [0, 0.05) is 11.6 Å². The number of aromatic nitrogens is 1. The second kappa shape index (κ2) is 2.74. The molecule has 1 heterocycles. The molecule has 66 valence electrons. The summed E-state index contributed by atoms with van der Waals surface area (Å²) < 4.78 is 5.03. The van der Waals surface area contributed by atoms with E-state index in [0.29, 0.717) is 21.7 Å². The zero-order valence-corrected chi connectivity index (χ0v) is 7.30. The molecule has 0 unspecified atom stereocenters. The molecular weight excluding hydrogens is 190 g/mol. The Morgan fingerprint density at radius 2 is 2.31 bits per heavy atom. The third-order valence-electron chi connectivity index (χ3n) is 1.71. The Morgan fingerprint density at radius 3 is 3.00 bits per heavy atom. The van der Waals surface area contributed by atoms with Gasteiger partial charge in [0.05, 0.1) is 5.02 Å². The molecule has 5 heteroatoms. The van der Waals surface area contributed by atoms with E-state index in [9.17, 15) is 0 Å². The van der Waals surface area contributed by atoms with Gasteiger partial charge in [-0.1, -0.05) is 11.6 Å². The quantitative estimate of drug-likeness (QED) is 0.538. The first-order valence-corrected chi connectivity index (χ1v) is 3.93. The van der Waals surface area contributed by atoms with Crippen LogP contribution in [-0.2, 0) is 0 Å². The van der Waals surface area contributed by atoms with E-state index in [1.807, 2.05) is 0 Å². The Kier molecular flexibility index (Phi) is 1.70. The summed E-state index contributed by atoms with van der Waals surface area (Å²) in [5.41, 5.74) is 7.03. The molecule has 2 rings (SSSR count). The number of nitrogen functional groups attached to an aromatic ring is 1. The van der Waals surface area contributed by atoms with E-state index in [0.717, 1.165) is 0 Å². The van der Waals surface area contributed by atoms with Crippen LogP contribution in [0.1, 0.15) is 5.56 Å². The molecule has 0 aliphatic rings. The molecule has 0 bridgehead atoms. The number of hydrogen-bond acceptors (Lipinski definition) is 3. The first-order valence-electron chi connectivity index (χ1n) is 3.55. The highest BCUT2D eigenvalue weighted by atomic mass is 35.5. The number of nitrogens with one attached hydrogen (secondary N) is 1. The summed E-state index contributed by atoms with van der Waals surface area (Å²) >= 11 is 5.85. The second-order valence-corrected chi connectivity index (χ2v) is 2.97. The fourth-order valence-corrected chi connectivity index (χ4v) is 1.34. The zero-order chi connectivity index (χ0) is 9.42. The zero-order valence-electron chi connectivity index (χ0n) is 6.54. The first kappa shape index (κ1) is 8.07. The van der Waals surface area contributed by atoms with Crippen molar-refractivity contribution in [2.24, 2.45) is 5.73 Å². The number of nitrogens with two attached hydrogens (primary N) is 1. The predicted octanol–water partition coefficient (Wildman–Crippen LogP) is 1.77. The van der Waals surface area contributed by atoms with Crippen LogP contribution in [0.3, 0.4) is 0 Å². The van der Waals surface area contributed by atoms with Crippen molar-refractivity contribution in [1.82, 2.24) is 4.98 Å². The summed E-state index contributed by atoms with van der Waals surface area (Å²) in [6.07, 6.45) is 1.32. The van der Waals surface area contributed by atoms with Gasteiger partial charge >= 0.3 is 0 Å². The van der Waals surface area contributed by atoms with Crippen molar-refractivity contribution < 1.29 is 4.42 Å². The SMILES string of the molecule is N=C(N)c1cc2ncoc2cc1Cl. The molecular formula is C8H6ClN3O. The van der Waals surface area contributed by atoms with E-state index < -0.39 is 0 Å². The minimum Gasteiger partial charge on any atom is -0.443 e. The van der Waals surface area contributed by atoms with Crippen molar-refractivity contribution in [3.05, 3.63) is 29.1 Å². The van der Waals surface area contributed by atoms with Gasteiger partial charge in [-0.15, -0.1) is 0 Å². The average molecular weight is 196 g/mol. The Hall–Kier alpha value is -1.55. The number of rotatable bonds is 1. The molecule has 0 saturated heterocycles. The standard InChI is InChI=1S/C8H6ClN3O/c9-5-2-7-6(12-3-13-7)1-4(5)8(10)11/h1-3H,(H3,10,11). The largest absolute Gasteiger partial charge is 0.443 e. The summed E-state index contributed by atoms with van der Waals surface area (Å²) in [5, 5.41) is 7.64. The smallest absolute Gasteiger partial charge is 0.181 e. The van der Waals surface area contributed by atoms with Gasteiger partial charge in [0.1, 0.15) is 11.4 Å². The number of benzene rings is 1. The van der Waals surface area contributed by atoms with Crippen molar-refractivity contribution >= 4 is 28.5 Å². The van der Waals surface area contributed by atoms with Crippen molar-refractivity contribution in [1.29, 1.82) is 5.41 Å². The molecule has 0 radical (unpaired) electrons. The normalized spacial score (nSPS) is 10.5. The van der Waals surface area contributed by atoms with Crippen LogP contribution in [-0.4, -0.2) is 10.8 Å². The number of fused-ring (bicyclic) bond motifs is 1. The van der Waals surface area contributed by atoms with E-state index in [1.54, 1.807) is 12.1 Å². The highest BCUT2D eigenvalue weighted by Gasteiger charge is 2.07. The molecule has 4 nitrogen and oxygen atoms in total. The lowest BCUT2D eigenvalue weighted by atomic mass is 10.2. The van der Waals surface area contributed by atoms with Gasteiger partial charge in [-0.05, 0) is 6.07 Å². The molecule has 1 aromatic carbocycles. The third-order valence-corrected chi connectivity index (χ3v) is 2.02. The fraction of sp³-hybridized carbons (Fsp3) is 0. The van der Waals surface area contributed by atoms with Crippen LogP contribution in [0.2, 0.25) is 5.02 Å². The van der Waals surface area contributed by atoms with Crippen LogP contribution in [0.5, 0.6) is 0 Å². The monoisotopic (exact) mass is 195 g/mol. The lowest BCUT2D eigenvalue weighted by Crippen LogP contribution is -2.11. The van der Waals surface area contributed by atoms with Crippen molar-refractivity contribution in [2.45, 2.75) is 0 Å². The molecule has 0 aliphatic heterocycles. The van der Waals surface area contributed by atoms with Crippen molar-refractivity contribution in [3.63, 3.8) is 0 Å². The van der Waals surface area contributed by atoms with Crippen LogP contribution < -0.4 is 5.73 Å². The Balaban J connectivity index is 2.76. The summed E-state index contributed by atoms with van der Waals surface area (Å²) in [7, 11) is 0. The first-order chi connectivity index (χ1) is 6.18. The molecule has 13 heavy (non-hydrogen) atoms. The summed E-state index contributed by atoms with van der Waals surface area (Å²) in [6, 6.07) is 3.23. The molecule has 0 atom stereocenters. The predicted molar refractivity (Wildman–Crippen MR) is 50.0 cm³/mol. The maximum Gasteiger partial charge on any atom is 0.181 e. The van der Waals surface area contributed by atoms with Gasteiger partial charge in [-0.3, -0.25) is 5.41 Å². The number of hydrogen-bond donors (Lipinski definition) is 2. The molecule has 0 aliphatic carbocycles. The van der Waals surface area contributed by atoms with Crippen LogP contribution in [0.15, 0.2) is 22.9 Å². The van der Waals surface area contributed by atoms with Crippen LogP contribution in [0.25, 0.3) is 11.1 Å². The van der Waals surface area contributed by atoms with E-state index in [4.69, 9.17) is 27.2 Å². The molecule has 0 saturated carbocycles. The molecule has 1 aromatic heterocycles. The Morgan fingerprint density at radius 1 is 1.54 bits per heavy atom. The average Bonchev–Trinajstić information content (AvgIpc) is 2.48. The molecule has 0 amide bonds. The van der Waals surface area contributed by atoms with E-state index in [2.05, 4.69) is 4.98 Å². The fourth-order valence-electron chi connectivity index (χ4n) is 1.09. The van der Waals surface area contributed by atoms with Crippen LogP contribution in [0, 0.1) is 5.41 Å². The van der Waals surface area contributed by atoms with Gasteiger partial charge in [-0.2, -0.15) is 0 Å². The summed E-state index contributed by atoms with van der Waals surface area (Å²) in [6.45, 7) is 0. The van der Waals surface area contributed by atoms with Gasteiger partial charge in [0.25, 0.3) is 0 Å². The molecule has 2 aromatic rings. The maximum absolute atomic E-state index is 7.24. The van der Waals surface area contributed by atoms with Gasteiger partial charge in [0.15, 0.2) is 12.0 Å². The van der Waals surface area contributed by atoms with Gasteiger partial charge in [-0.25, -0.2) is 4.98 Å². The summed E-state index contributed by atoms with van der Waals surface area (Å²) in [4.78, 5) is 3.93.